The van der Waals surface area contributed by atoms with E-state index in [1.807, 2.05) is 0 Å². The predicted molar refractivity (Wildman–Crippen MR) is 115 cm³/mol. The van der Waals surface area contributed by atoms with Crippen LogP contribution in [0.15, 0.2) is 0 Å². The van der Waals surface area contributed by atoms with Gasteiger partial charge in [-0.2, -0.15) is 31.6 Å². The molecule has 0 aromatic heterocycles. The summed E-state index contributed by atoms with van der Waals surface area (Å²) in [7, 11) is 0. The molecule has 2 fully saturated rings. The van der Waals surface area contributed by atoms with Gasteiger partial charge in [0.25, 0.3) is 0 Å². The lowest BCUT2D eigenvalue weighted by Gasteiger charge is -2.36. The van der Waals surface area contributed by atoms with Crippen LogP contribution in [0.3, 0.4) is 0 Å². The van der Waals surface area contributed by atoms with E-state index in [-0.39, 0.29) is 12.3 Å². The van der Waals surface area contributed by atoms with Crippen LogP contribution in [0.5, 0.6) is 0 Å². The summed E-state index contributed by atoms with van der Waals surface area (Å²) in [5.41, 5.74) is -3.96. The Labute approximate surface area is 209 Å². The molecule has 2 rings (SSSR count). The van der Waals surface area contributed by atoms with Gasteiger partial charge in [0.05, 0.1) is 11.5 Å². The minimum absolute atomic E-state index is 0.114. The first-order chi connectivity index (χ1) is 16.7. The summed E-state index contributed by atoms with van der Waals surface area (Å²) in [6.45, 7) is 3.99. The molecule has 0 unspecified atom stereocenters. The zero-order valence-electron chi connectivity index (χ0n) is 20.6. The summed E-state index contributed by atoms with van der Waals surface area (Å²) in [6.07, 6.45) is -10.9. The lowest BCUT2D eigenvalue weighted by Crippen LogP contribution is -2.59. The molecule has 0 spiro atoms. The molecule has 2 aliphatic rings. The Hall–Kier alpha value is -3.05. The summed E-state index contributed by atoms with van der Waals surface area (Å²) < 4.78 is 80.3. The third-order valence-electron chi connectivity index (χ3n) is 6.61. The van der Waals surface area contributed by atoms with Crippen molar-refractivity contribution >= 4 is 23.6 Å². The lowest BCUT2D eigenvalue weighted by atomic mass is 9.85. The highest BCUT2D eigenvalue weighted by Crippen LogP contribution is 2.48. The fourth-order valence-corrected chi connectivity index (χ4v) is 4.35. The van der Waals surface area contributed by atoms with E-state index in [4.69, 9.17) is 0 Å². The molecule has 208 valence electrons. The second-order valence-corrected chi connectivity index (χ2v) is 10.7. The molecule has 0 radical (unpaired) electrons. The molecule has 0 aromatic carbocycles. The first-order valence-electron chi connectivity index (χ1n) is 11.4. The Bertz CT molecular complexity index is 971. The number of carbonyl (C=O) groups excluding carboxylic acids is 4. The van der Waals surface area contributed by atoms with Crippen molar-refractivity contribution in [3.63, 3.8) is 0 Å². The van der Waals surface area contributed by atoms with Gasteiger partial charge >= 0.3 is 18.3 Å². The zero-order chi connectivity index (χ0) is 28.6. The maximum atomic E-state index is 13.9. The first kappa shape index (κ1) is 30.2. The molecule has 0 aliphatic carbocycles. The first-order valence-corrected chi connectivity index (χ1v) is 11.4. The number of amides is 4. The van der Waals surface area contributed by atoms with Gasteiger partial charge in [-0.15, -0.1) is 0 Å². The molecule has 0 aromatic rings. The maximum Gasteiger partial charge on any atom is 0.471 e. The SMILES string of the molecule is CC(C)(C)[C@H](NC(=O)C(F)(F)F)C(=O)N1C[C@](C)(C(F)(F)F)C[C@H]1C(=O)N[C@H](C#N)C[C@@H]1CCNC1=O. The summed E-state index contributed by atoms with van der Waals surface area (Å²) >= 11 is 0. The van der Waals surface area contributed by atoms with Crippen LogP contribution in [-0.4, -0.2) is 72.1 Å². The molecule has 0 bridgehead atoms. The zero-order valence-corrected chi connectivity index (χ0v) is 20.6. The van der Waals surface area contributed by atoms with Crippen LogP contribution in [0, 0.1) is 28.1 Å². The quantitative estimate of drug-likeness (QED) is 0.442. The minimum atomic E-state index is -5.36. The third-order valence-corrected chi connectivity index (χ3v) is 6.61. The molecule has 15 heteroatoms. The Kier molecular flexibility index (Phi) is 8.46. The van der Waals surface area contributed by atoms with Crippen LogP contribution in [0.25, 0.3) is 0 Å². The van der Waals surface area contributed by atoms with Crippen molar-refractivity contribution < 1.29 is 45.5 Å². The Balaban J connectivity index is 2.36. The highest BCUT2D eigenvalue weighted by molar-refractivity contribution is 5.94. The molecule has 5 atom stereocenters. The van der Waals surface area contributed by atoms with Gasteiger partial charge in [0.2, 0.25) is 17.7 Å². The van der Waals surface area contributed by atoms with Crippen LogP contribution >= 0.6 is 0 Å². The van der Waals surface area contributed by atoms with Crippen LogP contribution in [0.4, 0.5) is 26.3 Å². The van der Waals surface area contributed by atoms with E-state index in [2.05, 4.69) is 10.6 Å². The molecule has 3 N–H and O–H groups in total. The number of halogens is 6. The highest BCUT2D eigenvalue weighted by Gasteiger charge is 2.61. The van der Waals surface area contributed by atoms with E-state index in [1.165, 1.54) is 26.1 Å². The standard InChI is InChI=1S/C22H29F6N5O4/c1-19(2,3)14(32-18(37)21(23,24)25)17(36)33-10-20(4,22(26,27)28)8-13(33)16(35)31-12(9-29)7-11-5-6-30-15(11)34/h11-14H,5-8,10H2,1-4H3,(H,30,34)(H,31,35)(H,32,37)/t11-,12-,13-,14+,20+/m0/s1. The number of nitrogens with zero attached hydrogens (tertiary/aromatic N) is 2. The number of rotatable bonds is 6. The number of hydrogen-bond donors (Lipinski definition) is 3. The summed E-state index contributed by atoms with van der Waals surface area (Å²) in [5.74, 6) is -5.83. The van der Waals surface area contributed by atoms with Crippen LogP contribution in [-0.2, 0) is 19.2 Å². The summed E-state index contributed by atoms with van der Waals surface area (Å²) in [4.78, 5) is 50.3. The molecule has 2 saturated heterocycles. The van der Waals surface area contributed by atoms with Gasteiger partial charge in [-0.3, -0.25) is 19.2 Å². The van der Waals surface area contributed by atoms with E-state index in [9.17, 15) is 50.8 Å². The molecule has 0 saturated carbocycles. The van der Waals surface area contributed by atoms with Gasteiger partial charge in [-0.1, -0.05) is 20.8 Å². The Morgan fingerprint density at radius 3 is 2.19 bits per heavy atom. The molecule has 2 aliphatic heterocycles. The Morgan fingerprint density at radius 1 is 1.16 bits per heavy atom. The maximum absolute atomic E-state index is 13.9. The molecule has 4 amide bonds. The average molecular weight is 541 g/mol. The normalized spacial score (nSPS) is 26.2. The third kappa shape index (κ3) is 6.84. The van der Waals surface area contributed by atoms with Crippen molar-refractivity contribution in [3.05, 3.63) is 0 Å². The molecule has 2 heterocycles. The largest absolute Gasteiger partial charge is 0.471 e. The fourth-order valence-electron chi connectivity index (χ4n) is 4.35. The summed E-state index contributed by atoms with van der Waals surface area (Å²) in [6, 6.07) is -3.20. The second kappa shape index (κ2) is 10.4. The fraction of sp³-hybridized carbons (Fsp3) is 0.773. The van der Waals surface area contributed by atoms with Crippen LogP contribution in [0.1, 0.15) is 47.0 Å². The predicted octanol–water partition coefficient (Wildman–Crippen LogP) is 1.78. The van der Waals surface area contributed by atoms with E-state index in [0.29, 0.717) is 17.9 Å². The summed E-state index contributed by atoms with van der Waals surface area (Å²) in [5, 5.41) is 15.8. The lowest BCUT2D eigenvalue weighted by molar-refractivity contribution is -0.213. The molecule has 37 heavy (non-hydrogen) atoms. The van der Waals surface area contributed by atoms with Gasteiger partial charge in [0, 0.05) is 19.0 Å². The van der Waals surface area contributed by atoms with E-state index < -0.39 is 77.9 Å². The molecular formula is C22H29F6N5O4. The monoisotopic (exact) mass is 541 g/mol. The van der Waals surface area contributed by atoms with Crippen molar-refractivity contribution in [2.24, 2.45) is 16.7 Å². The second-order valence-electron chi connectivity index (χ2n) is 10.7. The number of likely N-dealkylation sites (tertiary alicyclic amines) is 1. The van der Waals surface area contributed by atoms with E-state index in [1.54, 1.807) is 6.07 Å². The average Bonchev–Trinajstić information content (AvgIpc) is 3.32. The number of alkyl halides is 6. The van der Waals surface area contributed by atoms with Gasteiger partial charge in [-0.05, 0) is 31.6 Å². The number of carbonyl (C=O) groups is 4. The van der Waals surface area contributed by atoms with Crippen molar-refractivity contribution in [3.8, 4) is 6.07 Å². The number of nitrogens with one attached hydrogen (secondary N) is 3. The molecular weight excluding hydrogens is 512 g/mol. The topological polar surface area (TPSA) is 131 Å². The molecule has 9 nitrogen and oxygen atoms in total. The van der Waals surface area contributed by atoms with Crippen molar-refractivity contribution in [1.82, 2.24) is 20.9 Å². The van der Waals surface area contributed by atoms with Crippen molar-refractivity contribution in [2.75, 3.05) is 13.1 Å². The van der Waals surface area contributed by atoms with E-state index in [0.717, 1.165) is 6.92 Å². The Morgan fingerprint density at radius 2 is 1.76 bits per heavy atom. The smallest absolute Gasteiger partial charge is 0.356 e. The highest BCUT2D eigenvalue weighted by atomic mass is 19.4. The van der Waals surface area contributed by atoms with Gasteiger partial charge in [-0.25, -0.2) is 0 Å². The number of hydrogen-bond acceptors (Lipinski definition) is 5. The van der Waals surface area contributed by atoms with Crippen molar-refractivity contribution in [2.45, 2.75) is 77.4 Å². The van der Waals surface area contributed by atoms with E-state index >= 15 is 0 Å². The number of nitriles is 1. The van der Waals surface area contributed by atoms with Crippen molar-refractivity contribution in [1.29, 1.82) is 5.26 Å². The van der Waals surface area contributed by atoms with Crippen LogP contribution in [0.2, 0.25) is 0 Å². The minimum Gasteiger partial charge on any atom is -0.356 e. The van der Waals surface area contributed by atoms with Gasteiger partial charge in [0.15, 0.2) is 0 Å². The van der Waals surface area contributed by atoms with Crippen LogP contribution < -0.4 is 16.0 Å². The van der Waals surface area contributed by atoms with Gasteiger partial charge in [0.1, 0.15) is 18.1 Å². The van der Waals surface area contributed by atoms with Gasteiger partial charge < -0.3 is 20.9 Å².